The zero-order chi connectivity index (χ0) is 18.6. The molecule has 2 atom stereocenters. The van der Waals surface area contributed by atoms with E-state index in [-0.39, 0.29) is 12.9 Å². The molecule has 4 rings (SSSR count). The Morgan fingerprint density at radius 3 is 2.89 bits per heavy atom. The van der Waals surface area contributed by atoms with Crippen molar-refractivity contribution < 1.29 is 14.6 Å². The van der Waals surface area contributed by atoms with Crippen LogP contribution in [0.15, 0.2) is 53.2 Å². The van der Waals surface area contributed by atoms with Gasteiger partial charge in [-0.1, -0.05) is 6.07 Å². The molecule has 3 aromatic rings. The van der Waals surface area contributed by atoms with Crippen LogP contribution < -0.4 is 4.48 Å². The summed E-state index contributed by atoms with van der Waals surface area (Å²) >= 11 is 2.81. The van der Waals surface area contributed by atoms with Gasteiger partial charge in [-0.05, 0) is 0 Å². The molecule has 1 aliphatic rings. The SMILES string of the molecule is OCCCn1c(SC2=COC(Cc3ccccc3)O2)nc2c([AsH2])ncnc21. The molecule has 0 bridgehead atoms. The van der Waals surface area contributed by atoms with Gasteiger partial charge in [0.05, 0.1) is 0 Å². The molecule has 2 aromatic heterocycles. The fraction of sp³-hybridized carbons (Fsp3) is 0.278. The molecule has 140 valence electrons. The monoisotopic (exact) mass is 446 g/mol. The number of thioether (sulfide) groups is 1. The van der Waals surface area contributed by atoms with E-state index in [1.807, 2.05) is 22.8 Å². The maximum atomic E-state index is 9.22. The average molecular weight is 446 g/mol. The Labute approximate surface area is 169 Å². The van der Waals surface area contributed by atoms with Gasteiger partial charge in [-0.2, -0.15) is 0 Å². The Balaban J connectivity index is 1.51. The zero-order valence-electron chi connectivity index (χ0n) is 14.5. The standard InChI is InChI=1S/C18H19AsN4O3S/c19-16-15-17(21-11-20-16)23(7-4-8-24)18(22-15)27-14-10-25-13(26-14)9-12-5-2-1-3-6-12/h1-3,5-6,10-11,13,24H,4,7-9,19H2. The number of fused-ring (bicyclic) bond motifs is 1. The van der Waals surface area contributed by atoms with E-state index in [4.69, 9.17) is 14.5 Å². The van der Waals surface area contributed by atoms with Crippen LogP contribution in [0.4, 0.5) is 0 Å². The third-order valence-corrected chi connectivity index (χ3v) is 5.84. The van der Waals surface area contributed by atoms with Crippen molar-refractivity contribution in [2.45, 2.75) is 30.8 Å². The number of ether oxygens (including phenoxy) is 2. The Bertz CT molecular complexity index is 964. The van der Waals surface area contributed by atoms with Crippen LogP contribution in [0.25, 0.3) is 11.2 Å². The third-order valence-electron chi connectivity index (χ3n) is 4.07. The Morgan fingerprint density at radius 2 is 2.07 bits per heavy atom. The summed E-state index contributed by atoms with van der Waals surface area (Å²) in [6.45, 7) is 0.736. The van der Waals surface area contributed by atoms with Gasteiger partial charge in [-0.15, -0.1) is 0 Å². The second-order valence-electron chi connectivity index (χ2n) is 5.97. The van der Waals surface area contributed by atoms with Crippen LogP contribution in [0.1, 0.15) is 12.0 Å². The summed E-state index contributed by atoms with van der Waals surface area (Å²) < 4.78 is 14.5. The van der Waals surface area contributed by atoms with E-state index < -0.39 is 0 Å². The number of nitrogens with zero attached hydrogens (tertiary/aromatic N) is 4. The van der Waals surface area contributed by atoms with Gasteiger partial charge < -0.3 is 0 Å². The maximum absolute atomic E-state index is 9.22. The first-order chi connectivity index (χ1) is 13.2. The van der Waals surface area contributed by atoms with Crippen molar-refractivity contribution in [3.63, 3.8) is 0 Å². The van der Waals surface area contributed by atoms with Crippen LogP contribution >= 0.6 is 11.8 Å². The molecule has 27 heavy (non-hydrogen) atoms. The van der Waals surface area contributed by atoms with E-state index in [1.54, 1.807) is 12.6 Å². The zero-order valence-corrected chi connectivity index (χ0v) is 17.7. The fourth-order valence-electron chi connectivity index (χ4n) is 2.79. The number of benzene rings is 1. The van der Waals surface area contributed by atoms with E-state index in [2.05, 4.69) is 22.1 Å². The summed E-state index contributed by atoms with van der Waals surface area (Å²) in [5.41, 5.74) is 2.73. The molecule has 1 aromatic carbocycles. The van der Waals surface area contributed by atoms with E-state index in [0.29, 0.717) is 24.5 Å². The van der Waals surface area contributed by atoms with Gasteiger partial charge in [0.1, 0.15) is 0 Å². The van der Waals surface area contributed by atoms with Gasteiger partial charge in [0, 0.05) is 0 Å². The third kappa shape index (κ3) is 4.13. The molecular formula is C18H19AsN4O3S. The first-order valence-electron chi connectivity index (χ1n) is 8.56. The predicted octanol–water partition coefficient (Wildman–Crippen LogP) is 0.974. The van der Waals surface area contributed by atoms with Gasteiger partial charge in [-0.3, -0.25) is 0 Å². The molecule has 0 saturated heterocycles. The molecule has 0 aliphatic carbocycles. The number of hydrogen-bond donors (Lipinski definition) is 1. The van der Waals surface area contributed by atoms with Crippen molar-refractivity contribution >= 4 is 44.3 Å². The van der Waals surface area contributed by atoms with Crippen molar-refractivity contribution in [2.75, 3.05) is 6.61 Å². The molecule has 0 amide bonds. The molecule has 1 N–H and O–H groups in total. The average Bonchev–Trinajstić information content (AvgIpc) is 3.26. The van der Waals surface area contributed by atoms with Crippen LogP contribution in [0.3, 0.4) is 0 Å². The molecule has 0 radical (unpaired) electrons. The molecule has 9 heteroatoms. The number of imidazole rings is 1. The van der Waals surface area contributed by atoms with Gasteiger partial charge in [0.2, 0.25) is 0 Å². The summed E-state index contributed by atoms with van der Waals surface area (Å²) in [6.07, 6.45) is 4.15. The van der Waals surface area contributed by atoms with E-state index in [1.165, 1.54) is 28.6 Å². The van der Waals surface area contributed by atoms with Crippen LogP contribution in [-0.4, -0.2) is 54.4 Å². The number of aliphatic hydroxyl groups excluding tert-OH is 1. The summed E-state index contributed by atoms with van der Waals surface area (Å²) in [5.74, 6) is 0. The molecule has 1 aliphatic heterocycles. The first-order valence-corrected chi connectivity index (χ1v) is 10.6. The predicted molar refractivity (Wildman–Crippen MR) is 105 cm³/mol. The number of rotatable bonds is 7. The fourth-order valence-corrected chi connectivity index (χ4v) is 4.20. The van der Waals surface area contributed by atoms with Crippen molar-refractivity contribution in [1.82, 2.24) is 19.5 Å². The second kappa shape index (κ2) is 8.33. The Kier molecular flexibility index (Phi) is 5.66. The molecule has 0 spiro atoms. The number of aryl methyl sites for hydroxylation is 1. The van der Waals surface area contributed by atoms with Gasteiger partial charge >= 0.3 is 163 Å². The minimum absolute atomic E-state index is 0.110. The first kappa shape index (κ1) is 18.3. The number of aromatic nitrogens is 4. The van der Waals surface area contributed by atoms with Crippen LogP contribution in [0.2, 0.25) is 0 Å². The topological polar surface area (TPSA) is 82.3 Å². The summed E-state index contributed by atoms with van der Waals surface area (Å²) in [4.78, 5) is 13.3. The van der Waals surface area contributed by atoms with Crippen molar-refractivity contribution in [3.05, 3.63) is 53.6 Å². The number of aliphatic hydroxyl groups is 1. The minimum atomic E-state index is -0.338. The van der Waals surface area contributed by atoms with Crippen LogP contribution in [0.5, 0.6) is 0 Å². The summed E-state index contributed by atoms with van der Waals surface area (Å²) in [6, 6.07) is 10.1. The normalized spacial score (nSPS) is 16.2. The van der Waals surface area contributed by atoms with Crippen molar-refractivity contribution in [2.24, 2.45) is 0 Å². The molecule has 0 fully saturated rings. The molecule has 7 nitrogen and oxygen atoms in total. The van der Waals surface area contributed by atoms with E-state index in [9.17, 15) is 5.11 Å². The molecule has 0 saturated carbocycles. The van der Waals surface area contributed by atoms with Gasteiger partial charge in [0.25, 0.3) is 0 Å². The van der Waals surface area contributed by atoms with Crippen molar-refractivity contribution in [1.29, 1.82) is 0 Å². The number of hydrogen-bond acceptors (Lipinski definition) is 7. The summed E-state index contributed by atoms with van der Waals surface area (Å²) in [7, 11) is 0. The van der Waals surface area contributed by atoms with Crippen molar-refractivity contribution in [3.8, 4) is 0 Å². The quantitative estimate of drug-likeness (QED) is 0.542. The van der Waals surface area contributed by atoms with Gasteiger partial charge in [-0.25, -0.2) is 0 Å². The molecule has 3 heterocycles. The van der Waals surface area contributed by atoms with Crippen LogP contribution in [-0.2, 0) is 22.4 Å². The molecular weight excluding hydrogens is 427 g/mol. The van der Waals surface area contributed by atoms with E-state index in [0.717, 1.165) is 26.4 Å². The molecule has 2 unspecified atom stereocenters. The van der Waals surface area contributed by atoms with Crippen LogP contribution in [0, 0.1) is 0 Å². The van der Waals surface area contributed by atoms with E-state index >= 15 is 0 Å². The Hall–Kier alpha value is -2.02. The van der Waals surface area contributed by atoms with Gasteiger partial charge in [0.15, 0.2) is 0 Å². The summed E-state index contributed by atoms with van der Waals surface area (Å²) in [5, 5.41) is 10.6. The Morgan fingerprint density at radius 1 is 1.22 bits per heavy atom. The second-order valence-corrected chi connectivity index (χ2v) is 8.09.